The molecule has 1 aromatic carbocycles. The fraction of sp³-hybridized carbons (Fsp3) is 0.500. The molecule has 0 N–H and O–H groups in total. The summed E-state index contributed by atoms with van der Waals surface area (Å²) in [4.78, 5) is 0. The number of alkyl halides is 3. The standard InChI is InChI=1S/C12H14F4/c1-7(2)8(3)10-6-9(13)4-5-11(10)12(14,15)16/h4-8H,1-3H3. The van der Waals surface area contributed by atoms with Gasteiger partial charge in [-0.05, 0) is 35.6 Å². The Morgan fingerprint density at radius 2 is 1.62 bits per heavy atom. The molecule has 0 fully saturated rings. The van der Waals surface area contributed by atoms with Gasteiger partial charge in [0.25, 0.3) is 0 Å². The lowest BCUT2D eigenvalue weighted by molar-refractivity contribution is -0.138. The Hall–Kier alpha value is -1.06. The van der Waals surface area contributed by atoms with Gasteiger partial charge in [0.2, 0.25) is 0 Å². The zero-order chi connectivity index (χ0) is 12.5. The molecule has 0 bridgehead atoms. The van der Waals surface area contributed by atoms with E-state index in [-0.39, 0.29) is 17.4 Å². The fourth-order valence-corrected chi connectivity index (χ4v) is 1.53. The van der Waals surface area contributed by atoms with E-state index < -0.39 is 17.6 Å². The van der Waals surface area contributed by atoms with Crippen LogP contribution in [0.25, 0.3) is 0 Å². The van der Waals surface area contributed by atoms with Crippen LogP contribution >= 0.6 is 0 Å². The summed E-state index contributed by atoms with van der Waals surface area (Å²) in [6, 6.07) is 2.64. The molecule has 0 heterocycles. The molecule has 0 aromatic heterocycles. The van der Waals surface area contributed by atoms with Gasteiger partial charge in [0, 0.05) is 0 Å². The molecule has 0 radical (unpaired) electrons. The highest BCUT2D eigenvalue weighted by atomic mass is 19.4. The van der Waals surface area contributed by atoms with Crippen LogP contribution in [0.5, 0.6) is 0 Å². The van der Waals surface area contributed by atoms with Crippen LogP contribution in [0.3, 0.4) is 0 Å². The molecular formula is C12H14F4. The molecule has 0 amide bonds. The molecule has 1 atom stereocenters. The summed E-state index contributed by atoms with van der Waals surface area (Å²) in [5.74, 6) is -0.925. The first-order chi connectivity index (χ1) is 7.23. The molecule has 1 aromatic rings. The monoisotopic (exact) mass is 234 g/mol. The van der Waals surface area contributed by atoms with Crippen LogP contribution < -0.4 is 0 Å². The molecule has 0 spiro atoms. The first kappa shape index (κ1) is 13.0. The van der Waals surface area contributed by atoms with E-state index in [4.69, 9.17) is 0 Å². The SMILES string of the molecule is CC(C)C(C)c1cc(F)ccc1C(F)(F)F. The minimum Gasteiger partial charge on any atom is -0.207 e. The first-order valence-corrected chi connectivity index (χ1v) is 5.10. The Morgan fingerprint density at radius 3 is 2.06 bits per heavy atom. The summed E-state index contributed by atoms with van der Waals surface area (Å²) in [5.41, 5.74) is -0.711. The van der Waals surface area contributed by atoms with Crippen molar-refractivity contribution in [1.82, 2.24) is 0 Å². The first-order valence-electron chi connectivity index (χ1n) is 5.10. The van der Waals surface area contributed by atoms with Crippen LogP contribution in [0.1, 0.15) is 37.8 Å². The van der Waals surface area contributed by atoms with Crippen LogP contribution in [0, 0.1) is 11.7 Å². The van der Waals surface area contributed by atoms with Gasteiger partial charge in [0.15, 0.2) is 0 Å². The zero-order valence-corrected chi connectivity index (χ0v) is 9.40. The van der Waals surface area contributed by atoms with Crippen molar-refractivity contribution < 1.29 is 17.6 Å². The molecule has 0 saturated carbocycles. The van der Waals surface area contributed by atoms with E-state index in [9.17, 15) is 17.6 Å². The van der Waals surface area contributed by atoms with E-state index in [1.165, 1.54) is 0 Å². The van der Waals surface area contributed by atoms with Gasteiger partial charge in [-0.15, -0.1) is 0 Å². The molecule has 0 nitrogen and oxygen atoms in total. The van der Waals surface area contributed by atoms with Crippen molar-refractivity contribution in [3.8, 4) is 0 Å². The van der Waals surface area contributed by atoms with E-state index in [0.29, 0.717) is 0 Å². The van der Waals surface area contributed by atoms with Crippen LogP contribution in [0.4, 0.5) is 17.6 Å². The average Bonchev–Trinajstić information content (AvgIpc) is 2.14. The second-order valence-corrected chi connectivity index (χ2v) is 4.26. The van der Waals surface area contributed by atoms with Gasteiger partial charge < -0.3 is 0 Å². The van der Waals surface area contributed by atoms with Gasteiger partial charge in [0.1, 0.15) is 5.82 Å². The molecule has 0 aliphatic carbocycles. The highest BCUT2D eigenvalue weighted by Gasteiger charge is 2.35. The number of rotatable bonds is 2. The molecule has 0 saturated heterocycles. The maximum atomic E-state index is 13.0. The van der Waals surface area contributed by atoms with Gasteiger partial charge in [-0.25, -0.2) is 4.39 Å². The van der Waals surface area contributed by atoms with Gasteiger partial charge in [-0.2, -0.15) is 13.2 Å². The summed E-state index contributed by atoms with van der Waals surface area (Å²) < 4.78 is 51.0. The van der Waals surface area contributed by atoms with Crippen molar-refractivity contribution >= 4 is 0 Å². The third-order valence-electron chi connectivity index (χ3n) is 2.81. The summed E-state index contributed by atoms with van der Waals surface area (Å²) in [7, 11) is 0. The molecule has 0 aliphatic rings. The Bertz CT molecular complexity index is 366. The average molecular weight is 234 g/mol. The van der Waals surface area contributed by atoms with Crippen LogP contribution in [0.2, 0.25) is 0 Å². The number of halogens is 4. The second kappa shape index (κ2) is 4.44. The van der Waals surface area contributed by atoms with E-state index in [1.54, 1.807) is 6.92 Å². The topological polar surface area (TPSA) is 0 Å². The second-order valence-electron chi connectivity index (χ2n) is 4.26. The van der Waals surface area contributed by atoms with Gasteiger partial charge in [-0.3, -0.25) is 0 Å². The lowest BCUT2D eigenvalue weighted by Crippen LogP contribution is -2.13. The third-order valence-corrected chi connectivity index (χ3v) is 2.81. The van der Waals surface area contributed by atoms with Crippen LogP contribution in [-0.2, 0) is 6.18 Å². The quantitative estimate of drug-likeness (QED) is 0.656. The highest BCUT2D eigenvalue weighted by molar-refractivity contribution is 5.33. The van der Waals surface area contributed by atoms with Crippen LogP contribution in [-0.4, -0.2) is 0 Å². The maximum Gasteiger partial charge on any atom is 0.416 e. The summed E-state index contributed by atoms with van der Waals surface area (Å²) in [6.07, 6.45) is -4.42. The van der Waals surface area contributed by atoms with Crippen molar-refractivity contribution in [2.75, 3.05) is 0 Å². The minimum absolute atomic E-state index is 0.0301. The van der Waals surface area contributed by atoms with Crippen molar-refractivity contribution in [1.29, 1.82) is 0 Å². The number of benzene rings is 1. The van der Waals surface area contributed by atoms with Gasteiger partial charge in [-0.1, -0.05) is 20.8 Å². The zero-order valence-electron chi connectivity index (χ0n) is 9.40. The lowest BCUT2D eigenvalue weighted by Gasteiger charge is -2.21. The Kier molecular flexibility index (Phi) is 3.61. The van der Waals surface area contributed by atoms with Crippen molar-refractivity contribution in [2.45, 2.75) is 32.9 Å². The Morgan fingerprint density at radius 1 is 1.06 bits per heavy atom. The van der Waals surface area contributed by atoms with E-state index in [1.807, 2.05) is 13.8 Å². The summed E-state index contributed by atoms with van der Waals surface area (Å²) >= 11 is 0. The minimum atomic E-state index is -4.42. The van der Waals surface area contributed by atoms with E-state index in [0.717, 1.165) is 18.2 Å². The largest absolute Gasteiger partial charge is 0.416 e. The predicted molar refractivity (Wildman–Crippen MR) is 54.7 cm³/mol. The Labute approximate surface area is 92.3 Å². The third kappa shape index (κ3) is 2.74. The van der Waals surface area contributed by atoms with Crippen molar-refractivity contribution in [2.24, 2.45) is 5.92 Å². The smallest absolute Gasteiger partial charge is 0.207 e. The molecular weight excluding hydrogens is 220 g/mol. The summed E-state index contributed by atoms with van der Waals surface area (Å²) in [5, 5.41) is 0. The van der Waals surface area contributed by atoms with Gasteiger partial charge in [0.05, 0.1) is 5.56 Å². The predicted octanol–water partition coefficient (Wildman–Crippen LogP) is 4.60. The van der Waals surface area contributed by atoms with Crippen LogP contribution in [0.15, 0.2) is 18.2 Å². The molecule has 1 rings (SSSR count). The Balaban J connectivity index is 3.29. The van der Waals surface area contributed by atoms with Crippen molar-refractivity contribution in [3.05, 3.63) is 35.1 Å². The van der Waals surface area contributed by atoms with E-state index in [2.05, 4.69) is 0 Å². The molecule has 1 unspecified atom stereocenters. The normalized spacial score (nSPS) is 14.2. The fourth-order valence-electron chi connectivity index (χ4n) is 1.53. The number of hydrogen-bond acceptors (Lipinski definition) is 0. The lowest BCUT2D eigenvalue weighted by atomic mass is 9.87. The van der Waals surface area contributed by atoms with Gasteiger partial charge >= 0.3 is 6.18 Å². The summed E-state index contributed by atoms with van der Waals surface area (Å²) in [6.45, 7) is 5.31. The molecule has 4 heteroatoms. The maximum absolute atomic E-state index is 13.0. The molecule has 0 aliphatic heterocycles. The molecule has 16 heavy (non-hydrogen) atoms. The molecule has 90 valence electrons. The van der Waals surface area contributed by atoms with E-state index >= 15 is 0 Å². The number of hydrogen-bond donors (Lipinski definition) is 0. The van der Waals surface area contributed by atoms with Crippen molar-refractivity contribution in [3.63, 3.8) is 0 Å². The highest BCUT2D eigenvalue weighted by Crippen LogP contribution is 2.37.